The number of hydrogen-bond donors (Lipinski definition) is 3. The van der Waals surface area contributed by atoms with Gasteiger partial charge in [-0.15, -0.1) is 0 Å². The van der Waals surface area contributed by atoms with E-state index in [1.54, 1.807) is 25.1 Å². The van der Waals surface area contributed by atoms with Crippen molar-refractivity contribution >= 4 is 15.7 Å². The number of aromatic amines is 1. The van der Waals surface area contributed by atoms with Crippen LogP contribution >= 0.6 is 0 Å². The molecule has 6 nitrogen and oxygen atoms in total. The maximum Gasteiger partial charge on any atom is 0.258 e. The first-order chi connectivity index (χ1) is 8.49. The van der Waals surface area contributed by atoms with E-state index in [1.807, 2.05) is 6.07 Å². The fourth-order valence-electron chi connectivity index (χ4n) is 1.59. The summed E-state index contributed by atoms with van der Waals surface area (Å²) in [5.41, 5.74) is 7.06. The molecule has 0 bridgehead atoms. The fraction of sp³-hybridized carbons (Fsp3) is 0.182. The molecule has 0 aliphatic carbocycles. The number of nitrogens with zero attached hydrogens (tertiary/aromatic N) is 1. The molecular formula is C11H14N4O2S. The molecule has 2 aromatic rings. The van der Waals surface area contributed by atoms with Gasteiger partial charge in [-0.2, -0.15) is 5.10 Å². The van der Waals surface area contributed by atoms with Crippen LogP contribution in [0.15, 0.2) is 41.6 Å². The maximum absolute atomic E-state index is 11.9. The standard InChI is InChI=1S/C11H14N4O2S/c1-8(9-3-2-4-10(12)7-9)15-18(16,17)11-5-6-13-14-11/h2-8,15H,12H2,1H3,(H,13,14). The Labute approximate surface area is 105 Å². The van der Waals surface area contributed by atoms with Crippen molar-refractivity contribution in [2.45, 2.75) is 18.0 Å². The SMILES string of the molecule is CC(NS(=O)(=O)c1ccn[nH]1)c1cccc(N)c1. The second-order valence-electron chi connectivity index (χ2n) is 3.93. The summed E-state index contributed by atoms with van der Waals surface area (Å²) in [4.78, 5) is 0. The van der Waals surface area contributed by atoms with Crippen molar-refractivity contribution < 1.29 is 8.42 Å². The second-order valence-corrected chi connectivity index (χ2v) is 5.62. The Hall–Kier alpha value is -1.86. The first-order valence-electron chi connectivity index (χ1n) is 5.36. The smallest absolute Gasteiger partial charge is 0.258 e. The number of H-pyrrole nitrogens is 1. The van der Waals surface area contributed by atoms with Gasteiger partial charge in [-0.3, -0.25) is 5.10 Å². The van der Waals surface area contributed by atoms with E-state index < -0.39 is 10.0 Å². The molecule has 18 heavy (non-hydrogen) atoms. The molecule has 1 unspecified atom stereocenters. The second kappa shape index (κ2) is 4.79. The van der Waals surface area contributed by atoms with E-state index in [4.69, 9.17) is 5.73 Å². The Kier molecular flexibility index (Phi) is 3.35. The Balaban J connectivity index is 2.20. The quantitative estimate of drug-likeness (QED) is 0.719. The number of benzene rings is 1. The van der Waals surface area contributed by atoms with E-state index in [1.165, 1.54) is 12.3 Å². The van der Waals surface area contributed by atoms with Crippen molar-refractivity contribution in [3.63, 3.8) is 0 Å². The Bertz CT molecular complexity index is 622. The third kappa shape index (κ3) is 2.69. The summed E-state index contributed by atoms with van der Waals surface area (Å²) in [6, 6.07) is 8.11. The highest BCUT2D eigenvalue weighted by Gasteiger charge is 2.19. The number of hydrogen-bond acceptors (Lipinski definition) is 4. The van der Waals surface area contributed by atoms with Crippen molar-refractivity contribution in [3.05, 3.63) is 42.1 Å². The monoisotopic (exact) mass is 266 g/mol. The van der Waals surface area contributed by atoms with Crippen molar-refractivity contribution in [2.24, 2.45) is 0 Å². The number of rotatable bonds is 4. The maximum atomic E-state index is 11.9. The molecule has 0 saturated carbocycles. The fourth-order valence-corrected chi connectivity index (χ4v) is 2.73. The van der Waals surface area contributed by atoms with Gasteiger partial charge in [0.05, 0.1) is 6.20 Å². The highest BCUT2D eigenvalue weighted by Crippen LogP contribution is 2.17. The molecule has 1 heterocycles. The number of anilines is 1. The van der Waals surface area contributed by atoms with E-state index in [0.29, 0.717) is 5.69 Å². The van der Waals surface area contributed by atoms with Crippen LogP contribution in [0.4, 0.5) is 5.69 Å². The molecule has 0 radical (unpaired) electrons. The Morgan fingerprint density at radius 2 is 2.17 bits per heavy atom. The Morgan fingerprint density at radius 1 is 1.39 bits per heavy atom. The lowest BCUT2D eigenvalue weighted by molar-refractivity contribution is 0.563. The van der Waals surface area contributed by atoms with E-state index in [-0.39, 0.29) is 11.1 Å². The molecule has 0 fully saturated rings. The van der Waals surface area contributed by atoms with Gasteiger partial charge < -0.3 is 5.73 Å². The molecule has 4 N–H and O–H groups in total. The largest absolute Gasteiger partial charge is 0.399 e. The third-order valence-corrected chi connectivity index (χ3v) is 3.98. The summed E-state index contributed by atoms with van der Waals surface area (Å²) in [6.45, 7) is 1.75. The minimum absolute atomic E-state index is 0.0400. The predicted octanol–water partition coefficient (Wildman–Crippen LogP) is 1.03. The van der Waals surface area contributed by atoms with Crippen molar-refractivity contribution in [1.82, 2.24) is 14.9 Å². The molecule has 0 aliphatic rings. The van der Waals surface area contributed by atoms with Crippen molar-refractivity contribution in [2.75, 3.05) is 5.73 Å². The van der Waals surface area contributed by atoms with Gasteiger partial charge in [-0.25, -0.2) is 13.1 Å². The van der Waals surface area contributed by atoms with Gasteiger partial charge in [0.25, 0.3) is 10.0 Å². The van der Waals surface area contributed by atoms with Gasteiger partial charge in [0.1, 0.15) is 0 Å². The van der Waals surface area contributed by atoms with Gasteiger partial charge in [-0.05, 0) is 30.7 Å². The van der Waals surface area contributed by atoms with Gasteiger partial charge in [0.2, 0.25) is 0 Å². The number of sulfonamides is 1. The van der Waals surface area contributed by atoms with E-state index in [2.05, 4.69) is 14.9 Å². The summed E-state index contributed by atoms with van der Waals surface area (Å²) in [5.74, 6) is 0. The van der Waals surface area contributed by atoms with Crippen LogP contribution in [-0.4, -0.2) is 18.6 Å². The van der Waals surface area contributed by atoms with E-state index in [0.717, 1.165) is 5.56 Å². The summed E-state index contributed by atoms with van der Waals surface area (Å²) in [5, 5.41) is 6.08. The lowest BCUT2D eigenvalue weighted by atomic mass is 10.1. The molecule has 0 aliphatic heterocycles. The van der Waals surface area contributed by atoms with E-state index >= 15 is 0 Å². The summed E-state index contributed by atoms with van der Waals surface area (Å²) >= 11 is 0. The van der Waals surface area contributed by atoms with Crippen LogP contribution in [0.2, 0.25) is 0 Å². The number of nitrogens with two attached hydrogens (primary N) is 1. The van der Waals surface area contributed by atoms with Gasteiger partial charge >= 0.3 is 0 Å². The van der Waals surface area contributed by atoms with Crippen LogP contribution in [0.1, 0.15) is 18.5 Å². The zero-order valence-corrected chi connectivity index (χ0v) is 10.6. The molecule has 1 aromatic heterocycles. The summed E-state index contributed by atoms with van der Waals surface area (Å²) in [6.07, 6.45) is 1.39. The van der Waals surface area contributed by atoms with Crippen LogP contribution in [0, 0.1) is 0 Å². The van der Waals surface area contributed by atoms with Gasteiger partial charge in [0, 0.05) is 11.7 Å². The average Bonchev–Trinajstić information content (AvgIpc) is 2.82. The normalized spacial score (nSPS) is 13.4. The molecule has 0 saturated heterocycles. The molecule has 1 aromatic carbocycles. The Morgan fingerprint density at radius 3 is 2.78 bits per heavy atom. The third-order valence-electron chi connectivity index (χ3n) is 2.51. The highest BCUT2D eigenvalue weighted by atomic mass is 32.2. The van der Waals surface area contributed by atoms with Crippen molar-refractivity contribution in [3.8, 4) is 0 Å². The van der Waals surface area contributed by atoms with Crippen LogP contribution in [0.3, 0.4) is 0 Å². The average molecular weight is 266 g/mol. The van der Waals surface area contributed by atoms with Crippen LogP contribution in [0.25, 0.3) is 0 Å². The molecular weight excluding hydrogens is 252 g/mol. The molecule has 7 heteroatoms. The highest BCUT2D eigenvalue weighted by molar-refractivity contribution is 7.89. The molecule has 1 atom stereocenters. The molecule has 0 spiro atoms. The molecule has 96 valence electrons. The van der Waals surface area contributed by atoms with Gasteiger partial charge in [-0.1, -0.05) is 12.1 Å². The van der Waals surface area contributed by atoms with E-state index in [9.17, 15) is 8.42 Å². The summed E-state index contributed by atoms with van der Waals surface area (Å²) in [7, 11) is -3.59. The zero-order chi connectivity index (χ0) is 13.2. The lowest BCUT2D eigenvalue weighted by Crippen LogP contribution is -2.27. The minimum Gasteiger partial charge on any atom is -0.399 e. The number of nitrogens with one attached hydrogen (secondary N) is 2. The molecule has 0 amide bonds. The van der Waals surface area contributed by atoms with Crippen LogP contribution < -0.4 is 10.5 Å². The number of nitrogen functional groups attached to an aromatic ring is 1. The number of aromatic nitrogens is 2. The summed E-state index contributed by atoms with van der Waals surface area (Å²) < 4.78 is 26.4. The van der Waals surface area contributed by atoms with Gasteiger partial charge in [0.15, 0.2) is 5.03 Å². The topological polar surface area (TPSA) is 101 Å². The molecule has 2 rings (SSSR count). The van der Waals surface area contributed by atoms with Crippen LogP contribution in [0.5, 0.6) is 0 Å². The zero-order valence-electron chi connectivity index (χ0n) is 9.79. The van der Waals surface area contributed by atoms with Crippen molar-refractivity contribution in [1.29, 1.82) is 0 Å². The predicted molar refractivity (Wildman–Crippen MR) is 68.2 cm³/mol. The van der Waals surface area contributed by atoms with Crippen LogP contribution in [-0.2, 0) is 10.0 Å². The minimum atomic E-state index is -3.59. The lowest BCUT2D eigenvalue weighted by Gasteiger charge is -2.14. The first-order valence-corrected chi connectivity index (χ1v) is 6.84. The first kappa shape index (κ1) is 12.6.